The average Bonchev–Trinajstić information content (AvgIpc) is 2.46. The third-order valence-corrected chi connectivity index (χ3v) is 3.07. The lowest BCUT2D eigenvalue weighted by Gasteiger charge is -2.26. The molecule has 0 aliphatic carbocycles. The highest BCUT2D eigenvalue weighted by atomic mass is 16.5. The first-order valence-corrected chi connectivity index (χ1v) is 7.19. The quantitative estimate of drug-likeness (QED) is 0.501. The predicted octanol–water partition coefficient (Wildman–Crippen LogP) is 1.25. The number of nitrogens with two attached hydrogens (primary N) is 2. The van der Waals surface area contributed by atoms with Gasteiger partial charge in [-0.25, -0.2) is 0 Å². The van der Waals surface area contributed by atoms with Crippen LogP contribution in [-0.2, 0) is 9.47 Å². The molecule has 1 aromatic carbocycles. The van der Waals surface area contributed by atoms with Crippen molar-refractivity contribution in [1.82, 2.24) is 0 Å². The fraction of sp³-hybridized carbons (Fsp3) is 0.533. The van der Waals surface area contributed by atoms with Crippen LogP contribution in [0.25, 0.3) is 0 Å². The van der Waals surface area contributed by atoms with Crippen LogP contribution in [0.15, 0.2) is 18.2 Å². The lowest BCUT2D eigenvalue weighted by Crippen LogP contribution is -2.32. The summed E-state index contributed by atoms with van der Waals surface area (Å²) in [5.41, 5.74) is 13.2. The van der Waals surface area contributed by atoms with Crippen LogP contribution in [0.2, 0.25) is 0 Å². The Bertz CT molecular complexity index is 442. The van der Waals surface area contributed by atoms with E-state index >= 15 is 0 Å². The van der Waals surface area contributed by atoms with Crippen molar-refractivity contribution in [2.45, 2.75) is 13.8 Å². The van der Waals surface area contributed by atoms with Crippen molar-refractivity contribution < 1.29 is 14.3 Å². The van der Waals surface area contributed by atoms with Gasteiger partial charge < -0.3 is 25.8 Å². The Hall–Kier alpha value is -1.79. The minimum Gasteiger partial charge on any atom is -0.397 e. The molecule has 0 radical (unpaired) electrons. The van der Waals surface area contributed by atoms with E-state index in [1.165, 1.54) is 0 Å². The van der Waals surface area contributed by atoms with E-state index in [-0.39, 0.29) is 0 Å². The van der Waals surface area contributed by atoms with Crippen LogP contribution in [0.3, 0.4) is 0 Å². The number of ether oxygens (including phenoxy) is 2. The van der Waals surface area contributed by atoms with Gasteiger partial charge in [0.1, 0.15) is 0 Å². The van der Waals surface area contributed by atoms with Gasteiger partial charge in [-0.3, -0.25) is 4.79 Å². The van der Waals surface area contributed by atoms with Crippen molar-refractivity contribution in [2.24, 2.45) is 5.73 Å². The Balaban J connectivity index is 2.88. The predicted molar refractivity (Wildman–Crippen MR) is 84.6 cm³/mol. The fourth-order valence-electron chi connectivity index (χ4n) is 1.96. The molecule has 0 aromatic heterocycles. The summed E-state index contributed by atoms with van der Waals surface area (Å²) in [6.45, 7) is 7.75. The van der Waals surface area contributed by atoms with Gasteiger partial charge in [-0.1, -0.05) is 0 Å². The summed E-state index contributed by atoms with van der Waals surface area (Å²) in [4.78, 5) is 13.4. The van der Waals surface area contributed by atoms with E-state index in [4.69, 9.17) is 20.9 Å². The molecule has 0 unspecified atom stereocenters. The molecule has 1 rings (SSSR count). The fourth-order valence-corrected chi connectivity index (χ4v) is 1.96. The summed E-state index contributed by atoms with van der Waals surface area (Å²) in [6, 6.07) is 5.05. The van der Waals surface area contributed by atoms with E-state index in [2.05, 4.69) is 0 Å². The summed E-state index contributed by atoms with van der Waals surface area (Å²) in [5, 5.41) is 0. The Kier molecular flexibility index (Phi) is 7.56. The highest BCUT2D eigenvalue weighted by Crippen LogP contribution is 2.24. The number of rotatable bonds is 10. The average molecular weight is 295 g/mol. The molecule has 0 bridgehead atoms. The zero-order valence-electron chi connectivity index (χ0n) is 12.8. The van der Waals surface area contributed by atoms with E-state index in [1.807, 2.05) is 18.7 Å². The monoisotopic (exact) mass is 295 g/mol. The van der Waals surface area contributed by atoms with Crippen LogP contribution in [0, 0.1) is 0 Å². The molecule has 0 saturated heterocycles. The van der Waals surface area contributed by atoms with Gasteiger partial charge in [0.15, 0.2) is 0 Å². The number of primary amides is 1. The van der Waals surface area contributed by atoms with E-state index in [0.717, 1.165) is 5.69 Å². The van der Waals surface area contributed by atoms with Crippen LogP contribution in [0.4, 0.5) is 11.4 Å². The van der Waals surface area contributed by atoms with Crippen molar-refractivity contribution in [1.29, 1.82) is 0 Å². The number of hydrogen-bond acceptors (Lipinski definition) is 5. The molecule has 1 amide bonds. The van der Waals surface area contributed by atoms with Gasteiger partial charge in [0.25, 0.3) is 0 Å². The second-order valence-electron chi connectivity index (χ2n) is 4.52. The van der Waals surface area contributed by atoms with Gasteiger partial charge in [-0.2, -0.15) is 0 Å². The molecular weight excluding hydrogens is 270 g/mol. The minimum atomic E-state index is -0.467. The summed E-state index contributed by atoms with van der Waals surface area (Å²) >= 11 is 0. The molecule has 0 aliphatic rings. The molecule has 0 aliphatic heterocycles. The Labute approximate surface area is 126 Å². The summed E-state index contributed by atoms with van der Waals surface area (Å²) in [5.74, 6) is -0.467. The van der Waals surface area contributed by atoms with Crippen molar-refractivity contribution >= 4 is 17.3 Å². The second kappa shape index (κ2) is 9.20. The maximum absolute atomic E-state index is 11.3. The zero-order valence-corrected chi connectivity index (χ0v) is 12.8. The van der Waals surface area contributed by atoms with Gasteiger partial charge in [-0.15, -0.1) is 0 Å². The first-order valence-electron chi connectivity index (χ1n) is 7.19. The van der Waals surface area contributed by atoms with Gasteiger partial charge in [0.2, 0.25) is 5.91 Å². The normalized spacial score (nSPS) is 10.6. The van der Waals surface area contributed by atoms with Gasteiger partial charge in [0.05, 0.1) is 24.6 Å². The smallest absolute Gasteiger partial charge is 0.248 e. The highest BCUT2D eigenvalue weighted by molar-refractivity contribution is 5.95. The van der Waals surface area contributed by atoms with E-state index in [9.17, 15) is 4.79 Å². The number of amides is 1. The summed E-state index contributed by atoms with van der Waals surface area (Å²) < 4.78 is 10.8. The lowest BCUT2D eigenvalue weighted by atomic mass is 10.1. The number of hydrogen-bond donors (Lipinski definition) is 2. The van der Waals surface area contributed by atoms with Crippen molar-refractivity contribution in [3.63, 3.8) is 0 Å². The van der Waals surface area contributed by atoms with Crippen LogP contribution in [0.1, 0.15) is 24.2 Å². The Morgan fingerprint density at radius 2 is 1.71 bits per heavy atom. The third kappa shape index (κ3) is 5.61. The summed E-state index contributed by atoms with van der Waals surface area (Å²) in [7, 11) is 0. The maximum atomic E-state index is 11.3. The molecule has 0 fully saturated rings. The second-order valence-corrected chi connectivity index (χ2v) is 4.52. The van der Waals surface area contributed by atoms with Crippen molar-refractivity contribution in [2.75, 3.05) is 50.2 Å². The third-order valence-electron chi connectivity index (χ3n) is 3.07. The van der Waals surface area contributed by atoms with Gasteiger partial charge >= 0.3 is 0 Å². The number of benzene rings is 1. The van der Waals surface area contributed by atoms with Crippen molar-refractivity contribution in [3.05, 3.63) is 23.8 Å². The number of anilines is 2. The number of nitrogen functional groups attached to an aromatic ring is 1. The van der Waals surface area contributed by atoms with Crippen molar-refractivity contribution in [3.8, 4) is 0 Å². The van der Waals surface area contributed by atoms with Crippen LogP contribution in [0.5, 0.6) is 0 Å². The molecule has 118 valence electrons. The SMILES string of the molecule is CCOCCN(CCOCC)c1cc(C(N)=O)ccc1N. The van der Waals surface area contributed by atoms with Crippen LogP contribution < -0.4 is 16.4 Å². The molecule has 0 spiro atoms. The van der Waals surface area contributed by atoms with Crippen LogP contribution in [-0.4, -0.2) is 45.4 Å². The molecule has 1 aromatic rings. The summed E-state index contributed by atoms with van der Waals surface area (Å²) in [6.07, 6.45) is 0. The largest absolute Gasteiger partial charge is 0.397 e. The number of carbonyl (C=O) groups is 1. The van der Waals surface area contributed by atoms with Gasteiger partial charge in [-0.05, 0) is 32.0 Å². The Morgan fingerprint density at radius 3 is 2.19 bits per heavy atom. The molecule has 4 N–H and O–H groups in total. The van der Waals surface area contributed by atoms with Gasteiger partial charge in [0, 0.05) is 31.9 Å². The topological polar surface area (TPSA) is 90.8 Å². The number of carbonyl (C=O) groups excluding carboxylic acids is 1. The maximum Gasteiger partial charge on any atom is 0.248 e. The molecular formula is C15H25N3O3. The van der Waals surface area contributed by atoms with E-state index in [1.54, 1.807) is 18.2 Å². The van der Waals surface area contributed by atoms with E-state index < -0.39 is 5.91 Å². The first kappa shape index (κ1) is 17.3. The lowest BCUT2D eigenvalue weighted by molar-refractivity contribution is 0.100. The first-order chi connectivity index (χ1) is 10.1. The van der Waals surface area contributed by atoms with E-state index in [0.29, 0.717) is 50.8 Å². The molecule has 6 nitrogen and oxygen atoms in total. The van der Waals surface area contributed by atoms with Crippen LogP contribution >= 0.6 is 0 Å². The standard InChI is InChI=1S/C15H25N3O3/c1-3-20-9-7-18(8-10-21-4-2)14-11-12(15(17)19)5-6-13(14)16/h5-6,11H,3-4,7-10,16H2,1-2H3,(H2,17,19). The minimum absolute atomic E-state index is 0.442. The molecule has 0 atom stereocenters. The number of nitrogens with zero attached hydrogens (tertiary/aromatic N) is 1. The molecule has 21 heavy (non-hydrogen) atoms. The zero-order chi connectivity index (χ0) is 15.7. The Morgan fingerprint density at radius 1 is 1.14 bits per heavy atom. The molecule has 0 heterocycles. The molecule has 6 heteroatoms. The highest BCUT2D eigenvalue weighted by Gasteiger charge is 2.12. The molecule has 0 saturated carbocycles.